The van der Waals surface area contributed by atoms with Crippen molar-refractivity contribution in [2.24, 2.45) is 12.0 Å². The molecular formula is C18H35IN6O2. The van der Waals surface area contributed by atoms with Crippen LogP contribution in [0.3, 0.4) is 0 Å². The van der Waals surface area contributed by atoms with E-state index in [-0.39, 0.29) is 36.1 Å². The average molecular weight is 494 g/mol. The molecule has 9 heteroatoms. The van der Waals surface area contributed by atoms with Crippen molar-refractivity contribution in [3.8, 4) is 0 Å². The third-order valence-corrected chi connectivity index (χ3v) is 5.17. The zero-order valence-electron chi connectivity index (χ0n) is 17.2. The lowest BCUT2D eigenvalue weighted by atomic mass is 9.88. The SMILES string of the molecule is CCNC(=NCC(C)(O)c1cnn(C)c1)NCC1(N(C)C)CCOCC1.I. The van der Waals surface area contributed by atoms with Crippen molar-refractivity contribution in [1.82, 2.24) is 25.3 Å². The molecule has 1 unspecified atom stereocenters. The lowest BCUT2D eigenvalue weighted by Crippen LogP contribution is -2.57. The fourth-order valence-corrected chi connectivity index (χ4v) is 3.15. The van der Waals surface area contributed by atoms with Gasteiger partial charge in [0.1, 0.15) is 5.60 Å². The molecule has 0 aromatic carbocycles. The Morgan fingerprint density at radius 2 is 2.07 bits per heavy atom. The number of nitrogens with one attached hydrogen (secondary N) is 2. The van der Waals surface area contributed by atoms with Gasteiger partial charge in [-0.1, -0.05) is 0 Å². The largest absolute Gasteiger partial charge is 0.383 e. The third kappa shape index (κ3) is 6.58. The maximum atomic E-state index is 10.7. The van der Waals surface area contributed by atoms with Crippen molar-refractivity contribution < 1.29 is 9.84 Å². The van der Waals surface area contributed by atoms with Crippen LogP contribution >= 0.6 is 24.0 Å². The van der Waals surface area contributed by atoms with Crippen LogP contribution in [0.1, 0.15) is 32.3 Å². The molecule has 156 valence electrons. The summed E-state index contributed by atoms with van der Waals surface area (Å²) >= 11 is 0. The molecule has 1 fully saturated rings. The highest BCUT2D eigenvalue weighted by Crippen LogP contribution is 2.25. The van der Waals surface area contributed by atoms with E-state index in [4.69, 9.17) is 4.74 Å². The Morgan fingerprint density at radius 3 is 2.59 bits per heavy atom. The predicted molar refractivity (Wildman–Crippen MR) is 119 cm³/mol. The molecule has 3 N–H and O–H groups in total. The molecule has 0 bridgehead atoms. The maximum absolute atomic E-state index is 10.7. The van der Waals surface area contributed by atoms with Crippen LogP contribution in [0.25, 0.3) is 0 Å². The van der Waals surface area contributed by atoms with Gasteiger partial charge in [-0.05, 0) is 40.8 Å². The molecule has 1 atom stereocenters. The van der Waals surface area contributed by atoms with Gasteiger partial charge in [-0.3, -0.25) is 4.68 Å². The first-order valence-electron chi connectivity index (χ1n) is 9.28. The fourth-order valence-electron chi connectivity index (χ4n) is 3.15. The van der Waals surface area contributed by atoms with Crippen LogP contribution in [0.2, 0.25) is 0 Å². The van der Waals surface area contributed by atoms with E-state index in [1.165, 1.54) is 0 Å². The fraction of sp³-hybridized carbons (Fsp3) is 0.778. The second kappa shape index (κ2) is 10.6. The number of halogens is 1. The first-order valence-corrected chi connectivity index (χ1v) is 9.28. The number of guanidine groups is 1. The number of ether oxygens (including phenoxy) is 1. The van der Waals surface area contributed by atoms with Crippen molar-refractivity contribution >= 4 is 29.9 Å². The Balaban J connectivity index is 0.00000364. The van der Waals surface area contributed by atoms with Gasteiger partial charge in [-0.25, -0.2) is 4.99 Å². The summed E-state index contributed by atoms with van der Waals surface area (Å²) < 4.78 is 7.21. The number of hydrogen-bond donors (Lipinski definition) is 3. The van der Waals surface area contributed by atoms with E-state index < -0.39 is 5.60 Å². The smallest absolute Gasteiger partial charge is 0.191 e. The highest BCUT2D eigenvalue weighted by atomic mass is 127. The van der Waals surface area contributed by atoms with Crippen LogP contribution in [0.5, 0.6) is 0 Å². The lowest BCUT2D eigenvalue weighted by Gasteiger charge is -2.43. The lowest BCUT2D eigenvalue weighted by molar-refractivity contribution is -0.00503. The molecule has 1 aliphatic heterocycles. The first-order chi connectivity index (χ1) is 12.3. The summed E-state index contributed by atoms with van der Waals surface area (Å²) in [5.74, 6) is 0.712. The standard InChI is InChI=1S/C18H34N6O2.HI/c1-6-19-16(20-13-17(2,25)15-11-22-24(5)12-15)21-14-18(23(3)4)7-9-26-10-8-18;/h11-12,25H,6-10,13-14H2,1-5H3,(H2,19,20,21);1H. The predicted octanol–water partition coefficient (Wildman–Crippen LogP) is 0.911. The van der Waals surface area contributed by atoms with E-state index in [0.717, 1.165) is 44.7 Å². The van der Waals surface area contributed by atoms with Crippen molar-refractivity contribution in [1.29, 1.82) is 0 Å². The van der Waals surface area contributed by atoms with E-state index in [2.05, 4.69) is 39.7 Å². The number of likely N-dealkylation sites (N-methyl/N-ethyl adjacent to an activating group) is 1. The second-order valence-electron chi connectivity index (χ2n) is 7.46. The second-order valence-corrected chi connectivity index (χ2v) is 7.46. The topological polar surface area (TPSA) is 86.9 Å². The maximum Gasteiger partial charge on any atom is 0.191 e. The molecule has 0 amide bonds. The molecule has 2 rings (SSSR count). The van der Waals surface area contributed by atoms with Gasteiger partial charge in [0.15, 0.2) is 5.96 Å². The molecule has 8 nitrogen and oxygen atoms in total. The Morgan fingerprint density at radius 1 is 1.41 bits per heavy atom. The molecular weight excluding hydrogens is 459 g/mol. The first kappa shape index (κ1) is 24.1. The summed E-state index contributed by atoms with van der Waals surface area (Å²) in [6.07, 6.45) is 5.47. The van der Waals surface area contributed by atoms with Crippen LogP contribution in [-0.4, -0.2) is 78.2 Å². The molecule has 1 aromatic rings. The average Bonchev–Trinajstić information content (AvgIpc) is 3.05. The van der Waals surface area contributed by atoms with Crippen LogP contribution < -0.4 is 10.6 Å². The molecule has 1 saturated heterocycles. The van der Waals surface area contributed by atoms with E-state index in [0.29, 0.717) is 5.96 Å². The minimum Gasteiger partial charge on any atom is -0.383 e. The third-order valence-electron chi connectivity index (χ3n) is 5.17. The van der Waals surface area contributed by atoms with Gasteiger partial charge in [-0.2, -0.15) is 5.10 Å². The Bertz CT molecular complexity index is 596. The molecule has 0 aliphatic carbocycles. The highest BCUT2D eigenvalue weighted by molar-refractivity contribution is 14.0. The number of aryl methyl sites for hydroxylation is 1. The Hall–Kier alpha value is -0.910. The minimum atomic E-state index is -1.06. The molecule has 1 aliphatic rings. The summed E-state index contributed by atoms with van der Waals surface area (Å²) in [6.45, 7) is 7.16. The van der Waals surface area contributed by atoms with E-state index in [9.17, 15) is 5.11 Å². The number of aliphatic hydroxyl groups is 1. The summed E-state index contributed by atoms with van der Waals surface area (Å²) in [7, 11) is 6.07. The number of hydrogen-bond acceptors (Lipinski definition) is 5. The molecule has 0 saturated carbocycles. The molecule has 2 heterocycles. The summed E-state index contributed by atoms with van der Waals surface area (Å²) in [5, 5.41) is 21.6. The number of nitrogens with zero attached hydrogens (tertiary/aromatic N) is 4. The highest BCUT2D eigenvalue weighted by Gasteiger charge is 2.35. The molecule has 0 spiro atoms. The van der Waals surface area contributed by atoms with Crippen molar-refractivity contribution in [3.05, 3.63) is 18.0 Å². The number of rotatable bonds is 7. The Kier molecular flexibility index (Phi) is 9.46. The van der Waals surface area contributed by atoms with Gasteiger partial charge in [0.2, 0.25) is 0 Å². The van der Waals surface area contributed by atoms with E-state index >= 15 is 0 Å². The zero-order valence-corrected chi connectivity index (χ0v) is 19.5. The monoisotopic (exact) mass is 494 g/mol. The van der Waals surface area contributed by atoms with Crippen LogP contribution in [-0.2, 0) is 17.4 Å². The van der Waals surface area contributed by atoms with Crippen molar-refractivity contribution in [2.45, 2.75) is 37.8 Å². The molecule has 27 heavy (non-hydrogen) atoms. The van der Waals surface area contributed by atoms with Gasteiger partial charge in [0.25, 0.3) is 0 Å². The van der Waals surface area contributed by atoms with Crippen molar-refractivity contribution in [2.75, 3.05) is 46.9 Å². The van der Waals surface area contributed by atoms with E-state index in [1.807, 2.05) is 20.2 Å². The van der Waals surface area contributed by atoms with E-state index in [1.54, 1.807) is 17.8 Å². The minimum absolute atomic E-state index is 0. The Labute approximate surface area is 179 Å². The van der Waals surface area contributed by atoms with Crippen molar-refractivity contribution in [3.63, 3.8) is 0 Å². The zero-order chi connectivity index (χ0) is 19.2. The van der Waals surface area contributed by atoms with Gasteiger partial charge < -0.3 is 25.4 Å². The normalized spacial score (nSPS) is 19.3. The quantitative estimate of drug-likeness (QED) is 0.297. The summed E-state index contributed by atoms with van der Waals surface area (Å²) in [6, 6.07) is 0. The van der Waals surface area contributed by atoms with Gasteiger partial charge in [-0.15, -0.1) is 24.0 Å². The summed E-state index contributed by atoms with van der Waals surface area (Å²) in [5.41, 5.74) is -0.247. The van der Waals surface area contributed by atoms with Gasteiger partial charge in [0.05, 0.1) is 12.7 Å². The molecule has 0 radical (unpaired) electrons. The van der Waals surface area contributed by atoms with Gasteiger partial charge >= 0.3 is 0 Å². The molecule has 1 aromatic heterocycles. The number of aromatic nitrogens is 2. The van der Waals surface area contributed by atoms with Crippen LogP contribution in [0.15, 0.2) is 17.4 Å². The van der Waals surface area contributed by atoms with Crippen LogP contribution in [0, 0.1) is 0 Å². The van der Waals surface area contributed by atoms with Crippen LogP contribution in [0.4, 0.5) is 0 Å². The number of aliphatic imine (C=N–C) groups is 1. The van der Waals surface area contributed by atoms with Gasteiger partial charge in [0, 0.05) is 50.7 Å². The summed E-state index contributed by atoms with van der Waals surface area (Å²) in [4.78, 5) is 6.88.